The van der Waals surface area contributed by atoms with E-state index in [4.69, 9.17) is 18.0 Å². The second-order valence-corrected chi connectivity index (χ2v) is 5.58. The van der Waals surface area contributed by atoms with Crippen LogP contribution < -0.4 is 5.73 Å². The number of nitrogens with zero attached hydrogens (tertiary/aromatic N) is 1. The summed E-state index contributed by atoms with van der Waals surface area (Å²) in [5.74, 6) is 0.486. The van der Waals surface area contributed by atoms with E-state index in [1.54, 1.807) is 6.07 Å². The summed E-state index contributed by atoms with van der Waals surface area (Å²) in [4.78, 5) is 2.53. The summed E-state index contributed by atoms with van der Waals surface area (Å²) in [7, 11) is 0. The molecule has 0 unspecified atom stereocenters. The molecule has 18 heavy (non-hydrogen) atoms. The first-order valence-electron chi connectivity index (χ1n) is 6.37. The van der Waals surface area contributed by atoms with Crippen LogP contribution in [0, 0.1) is 11.7 Å². The van der Waals surface area contributed by atoms with E-state index >= 15 is 0 Å². The zero-order valence-electron chi connectivity index (χ0n) is 10.7. The molecule has 0 aromatic heterocycles. The number of rotatable bonds is 3. The molecule has 1 aromatic rings. The van der Waals surface area contributed by atoms with Gasteiger partial charge in [-0.3, -0.25) is 4.90 Å². The minimum absolute atomic E-state index is 0.126. The van der Waals surface area contributed by atoms with Crippen LogP contribution in [0.3, 0.4) is 0 Å². The molecule has 1 aliphatic rings. The molecule has 2 rings (SSSR count). The first-order chi connectivity index (χ1) is 8.56. The summed E-state index contributed by atoms with van der Waals surface area (Å²) in [6.07, 6.45) is 2.48. The standard InChI is InChI=1S/C14H19FN2S/c1-10-4-6-17(7-5-10)9-11-2-3-13(15)12(8-11)14(16)18/h2-3,8,10H,4-7,9H2,1H3,(H2,16,18). The number of thiocarbonyl (C=S) groups is 1. The van der Waals surface area contributed by atoms with Crippen LogP contribution >= 0.6 is 12.2 Å². The Labute approximate surface area is 113 Å². The van der Waals surface area contributed by atoms with Crippen molar-refractivity contribution >= 4 is 17.2 Å². The van der Waals surface area contributed by atoms with Crippen LogP contribution in [0.15, 0.2) is 18.2 Å². The van der Waals surface area contributed by atoms with Crippen molar-refractivity contribution in [3.63, 3.8) is 0 Å². The third kappa shape index (κ3) is 3.27. The van der Waals surface area contributed by atoms with Gasteiger partial charge < -0.3 is 5.73 Å². The highest BCUT2D eigenvalue weighted by Crippen LogP contribution is 2.19. The van der Waals surface area contributed by atoms with Gasteiger partial charge in [0.25, 0.3) is 0 Å². The Morgan fingerprint density at radius 3 is 2.72 bits per heavy atom. The lowest BCUT2D eigenvalue weighted by Crippen LogP contribution is -2.32. The second-order valence-electron chi connectivity index (χ2n) is 5.14. The summed E-state index contributed by atoms with van der Waals surface area (Å²) in [6, 6.07) is 5.04. The highest BCUT2D eigenvalue weighted by atomic mass is 32.1. The molecule has 1 saturated heterocycles. The SMILES string of the molecule is CC1CCN(Cc2ccc(F)c(C(N)=S)c2)CC1. The molecule has 1 aliphatic heterocycles. The minimum atomic E-state index is -0.335. The van der Waals surface area contributed by atoms with Crippen LogP contribution in [0.2, 0.25) is 0 Å². The van der Waals surface area contributed by atoms with Gasteiger partial charge in [0.05, 0.1) is 0 Å². The summed E-state index contributed by atoms with van der Waals surface area (Å²) >= 11 is 4.85. The van der Waals surface area contributed by atoms with Crippen molar-refractivity contribution in [2.75, 3.05) is 13.1 Å². The zero-order chi connectivity index (χ0) is 13.1. The normalized spacial score (nSPS) is 17.9. The van der Waals surface area contributed by atoms with Gasteiger partial charge in [-0.15, -0.1) is 0 Å². The minimum Gasteiger partial charge on any atom is -0.389 e. The van der Waals surface area contributed by atoms with Gasteiger partial charge in [-0.05, 0) is 49.5 Å². The average Bonchev–Trinajstić information content (AvgIpc) is 2.34. The Morgan fingerprint density at radius 1 is 1.44 bits per heavy atom. The third-order valence-corrected chi connectivity index (χ3v) is 3.80. The molecule has 0 atom stereocenters. The number of hydrogen-bond donors (Lipinski definition) is 1. The van der Waals surface area contributed by atoms with Crippen LogP contribution in [0.5, 0.6) is 0 Å². The number of hydrogen-bond acceptors (Lipinski definition) is 2. The molecule has 0 radical (unpaired) electrons. The molecule has 0 saturated carbocycles. The van der Waals surface area contributed by atoms with E-state index in [2.05, 4.69) is 11.8 Å². The van der Waals surface area contributed by atoms with Crippen molar-refractivity contribution in [1.82, 2.24) is 4.90 Å². The van der Waals surface area contributed by atoms with Crippen molar-refractivity contribution in [3.8, 4) is 0 Å². The average molecular weight is 266 g/mol. The molecule has 2 N–H and O–H groups in total. The van der Waals surface area contributed by atoms with E-state index in [9.17, 15) is 4.39 Å². The van der Waals surface area contributed by atoms with Gasteiger partial charge in [0.1, 0.15) is 10.8 Å². The smallest absolute Gasteiger partial charge is 0.133 e. The Bertz CT molecular complexity index is 439. The summed E-state index contributed by atoms with van der Waals surface area (Å²) in [6.45, 7) is 5.37. The van der Waals surface area contributed by atoms with Crippen molar-refractivity contribution in [3.05, 3.63) is 35.1 Å². The molecule has 1 aromatic carbocycles. The van der Waals surface area contributed by atoms with Crippen LogP contribution in [-0.2, 0) is 6.54 Å². The number of nitrogens with two attached hydrogens (primary N) is 1. The molecular weight excluding hydrogens is 247 g/mol. The third-order valence-electron chi connectivity index (χ3n) is 3.58. The largest absolute Gasteiger partial charge is 0.389 e. The summed E-state index contributed by atoms with van der Waals surface area (Å²) in [5.41, 5.74) is 6.94. The quantitative estimate of drug-likeness (QED) is 0.853. The zero-order valence-corrected chi connectivity index (χ0v) is 11.5. The fourth-order valence-electron chi connectivity index (χ4n) is 2.34. The van der Waals surface area contributed by atoms with E-state index in [0.717, 1.165) is 31.1 Å². The predicted octanol–water partition coefficient (Wildman–Crippen LogP) is 2.69. The molecule has 0 bridgehead atoms. The molecule has 98 valence electrons. The second kappa shape index (κ2) is 5.76. The van der Waals surface area contributed by atoms with Gasteiger partial charge in [-0.25, -0.2) is 4.39 Å². The van der Waals surface area contributed by atoms with Gasteiger partial charge in [0.15, 0.2) is 0 Å². The van der Waals surface area contributed by atoms with Crippen molar-refractivity contribution in [1.29, 1.82) is 0 Å². The van der Waals surface area contributed by atoms with Gasteiger partial charge in [-0.1, -0.05) is 25.2 Å². The van der Waals surface area contributed by atoms with E-state index in [0.29, 0.717) is 5.56 Å². The molecule has 0 amide bonds. The Balaban J connectivity index is 2.05. The Morgan fingerprint density at radius 2 is 2.11 bits per heavy atom. The molecule has 2 nitrogen and oxygen atoms in total. The fraction of sp³-hybridized carbons (Fsp3) is 0.500. The Hall–Kier alpha value is -1.00. The van der Waals surface area contributed by atoms with Crippen LogP contribution in [0.25, 0.3) is 0 Å². The summed E-state index contributed by atoms with van der Waals surface area (Å²) < 4.78 is 13.5. The van der Waals surface area contributed by atoms with E-state index in [1.165, 1.54) is 18.9 Å². The lowest BCUT2D eigenvalue weighted by molar-refractivity contribution is 0.185. The van der Waals surface area contributed by atoms with Gasteiger partial charge in [-0.2, -0.15) is 0 Å². The molecule has 0 spiro atoms. The van der Waals surface area contributed by atoms with Gasteiger partial charge in [0.2, 0.25) is 0 Å². The van der Waals surface area contributed by atoms with E-state index in [1.807, 2.05) is 6.07 Å². The number of piperidine rings is 1. The highest BCUT2D eigenvalue weighted by Gasteiger charge is 2.16. The van der Waals surface area contributed by atoms with Gasteiger partial charge in [0, 0.05) is 12.1 Å². The van der Waals surface area contributed by atoms with E-state index < -0.39 is 0 Å². The first kappa shape index (κ1) is 13.4. The van der Waals surface area contributed by atoms with Gasteiger partial charge >= 0.3 is 0 Å². The number of benzene rings is 1. The number of likely N-dealkylation sites (tertiary alicyclic amines) is 1. The van der Waals surface area contributed by atoms with Crippen LogP contribution in [0.4, 0.5) is 4.39 Å². The van der Waals surface area contributed by atoms with Crippen LogP contribution in [0.1, 0.15) is 30.9 Å². The molecule has 4 heteroatoms. The monoisotopic (exact) mass is 266 g/mol. The molecular formula is C14H19FN2S. The lowest BCUT2D eigenvalue weighted by Gasteiger charge is -2.30. The summed E-state index contributed by atoms with van der Waals surface area (Å²) in [5, 5.41) is 0. The Kier molecular flexibility index (Phi) is 4.30. The molecule has 1 heterocycles. The highest BCUT2D eigenvalue weighted by molar-refractivity contribution is 7.80. The van der Waals surface area contributed by atoms with Crippen molar-refractivity contribution in [2.45, 2.75) is 26.3 Å². The number of halogens is 1. The predicted molar refractivity (Wildman–Crippen MR) is 76.0 cm³/mol. The topological polar surface area (TPSA) is 29.3 Å². The maximum Gasteiger partial charge on any atom is 0.133 e. The lowest BCUT2D eigenvalue weighted by atomic mass is 9.98. The first-order valence-corrected chi connectivity index (χ1v) is 6.77. The maximum atomic E-state index is 13.5. The molecule has 0 aliphatic carbocycles. The van der Waals surface area contributed by atoms with Crippen molar-refractivity contribution in [2.24, 2.45) is 11.7 Å². The van der Waals surface area contributed by atoms with E-state index in [-0.39, 0.29) is 10.8 Å². The van der Waals surface area contributed by atoms with Crippen LogP contribution in [-0.4, -0.2) is 23.0 Å². The fourth-order valence-corrected chi connectivity index (χ4v) is 2.49. The van der Waals surface area contributed by atoms with Crippen molar-refractivity contribution < 1.29 is 4.39 Å². The maximum absolute atomic E-state index is 13.5. The molecule has 1 fully saturated rings.